The molecule has 0 saturated carbocycles. The van der Waals surface area contributed by atoms with Gasteiger partial charge in [-0.1, -0.05) is 0 Å². The molecule has 100 valence electrons. The molecule has 0 aliphatic carbocycles. The van der Waals surface area contributed by atoms with Gasteiger partial charge in [-0.05, 0) is 11.7 Å². The summed E-state index contributed by atoms with van der Waals surface area (Å²) in [5.74, 6) is 0.0357. The quantitative estimate of drug-likeness (QED) is 0.474. The topological polar surface area (TPSA) is 57.5 Å². The molecule has 9 heteroatoms. The van der Waals surface area contributed by atoms with Crippen molar-refractivity contribution in [1.82, 2.24) is 0 Å². The summed E-state index contributed by atoms with van der Waals surface area (Å²) in [6, 6.07) is 2.76. The molecule has 0 radical (unpaired) electrons. The fraction of sp³-hybridized carbons (Fsp3) is 0.222. The van der Waals surface area contributed by atoms with Crippen LogP contribution in [0.3, 0.4) is 0 Å². The van der Waals surface area contributed by atoms with Gasteiger partial charge in [0.2, 0.25) is 11.8 Å². The molecule has 2 rings (SSSR count). The van der Waals surface area contributed by atoms with Crippen molar-refractivity contribution < 1.29 is 36.7 Å². The number of phenols is 2. The van der Waals surface area contributed by atoms with E-state index >= 15 is 0 Å². The van der Waals surface area contributed by atoms with Gasteiger partial charge in [0.25, 0.3) is 0 Å². The van der Waals surface area contributed by atoms with Gasteiger partial charge in [-0.2, -0.15) is 0 Å². The molecule has 4 nitrogen and oxygen atoms in total. The van der Waals surface area contributed by atoms with Gasteiger partial charge in [-0.3, -0.25) is 0 Å². The SMILES string of the molecule is CC[n+]1cc2c(O)cc(O)cc2o1.F[B-](F)(F)F. The number of aromatic nitrogens is 1. The van der Waals surface area contributed by atoms with Crippen LogP contribution in [0.1, 0.15) is 6.92 Å². The van der Waals surface area contributed by atoms with E-state index in [0.29, 0.717) is 17.5 Å². The predicted octanol–water partition coefficient (Wildman–Crippen LogP) is 2.45. The van der Waals surface area contributed by atoms with Crippen molar-refractivity contribution in [2.24, 2.45) is 0 Å². The Hall–Kier alpha value is -1.93. The Bertz CT molecular complexity index is 534. The van der Waals surface area contributed by atoms with Gasteiger partial charge in [0.15, 0.2) is 6.54 Å². The number of hydrogen-bond acceptors (Lipinski definition) is 3. The van der Waals surface area contributed by atoms with E-state index < -0.39 is 7.25 Å². The molecule has 0 unspecified atom stereocenters. The van der Waals surface area contributed by atoms with Gasteiger partial charge in [-0.15, -0.1) is 0 Å². The molecule has 0 spiro atoms. The van der Waals surface area contributed by atoms with E-state index in [4.69, 9.17) is 9.63 Å². The minimum atomic E-state index is -6.00. The summed E-state index contributed by atoms with van der Waals surface area (Å²) in [6.45, 7) is 2.62. The lowest BCUT2D eigenvalue weighted by Gasteiger charge is -1.94. The van der Waals surface area contributed by atoms with Crippen molar-refractivity contribution in [2.45, 2.75) is 13.5 Å². The maximum absolute atomic E-state index is 9.75. The normalized spacial score (nSPS) is 11.2. The Morgan fingerprint density at radius 1 is 1.22 bits per heavy atom. The molecule has 0 bridgehead atoms. The van der Waals surface area contributed by atoms with Gasteiger partial charge in [0, 0.05) is 12.1 Å². The number of rotatable bonds is 1. The van der Waals surface area contributed by atoms with Crippen LogP contribution in [0.4, 0.5) is 17.3 Å². The first-order chi connectivity index (χ1) is 8.20. The molecule has 1 aromatic carbocycles. The van der Waals surface area contributed by atoms with Crippen LogP contribution in [0.25, 0.3) is 11.0 Å². The molecule has 0 saturated heterocycles. The monoisotopic (exact) mass is 267 g/mol. The summed E-state index contributed by atoms with van der Waals surface area (Å²) in [5, 5.41) is 19.2. The molecule has 0 aliphatic rings. The van der Waals surface area contributed by atoms with E-state index in [9.17, 15) is 22.4 Å². The second-order valence-electron chi connectivity index (χ2n) is 3.33. The van der Waals surface area contributed by atoms with Crippen LogP contribution >= 0.6 is 0 Å². The van der Waals surface area contributed by atoms with Gasteiger partial charge in [-0.25, -0.2) is 4.52 Å². The maximum atomic E-state index is 9.75. The molecule has 0 atom stereocenters. The highest BCUT2D eigenvalue weighted by molar-refractivity contribution is 6.50. The number of phenolic OH excluding ortho intramolecular Hbond substituents is 2. The van der Waals surface area contributed by atoms with E-state index in [2.05, 4.69) is 0 Å². The smallest absolute Gasteiger partial charge is 0.508 e. The van der Waals surface area contributed by atoms with Crippen molar-refractivity contribution in [3.63, 3.8) is 0 Å². The Balaban J connectivity index is 0.000000280. The lowest BCUT2D eigenvalue weighted by molar-refractivity contribution is -0.857. The second kappa shape index (κ2) is 5.15. The lowest BCUT2D eigenvalue weighted by atomic mass is 10.2. The third-order valence-corrected chi connectivity index (χ3v) is 1.91. The van der Waals surface area contributed by atoms with Gasteiger partial charge < -0.3 is 27.5 Å². The van der Waals surface area contributed by atoms with Crippen LogP contribution in [-0.2, 0) is 6.54 Å². The van der Waals surface area contributed by atoms with E-state index in [1.54, 1.807) is 10.9 Å². The zero-order valence-corrected chi connectivity index (χ0v) is 9.28. The number of aryl methyl sites for hydroxylation is 1. The lowest BCUT2D eigenvalue weighted by Crippen LogP contribution is -2.27. The molecule has 0 aliphatic heterocycles. The Kier molecular flexibility index (Phi) is 4.05. The number of hydrogen-bond donors (Lipinski definition) is 2. The summed E-state index contributed by atoms with van der Waals surface area (Å²) < 4.78 is 45.9. The van der Waals surface area contributed by atoms with Crippen LogP contribution < -0.4 is 4.74 Å². The third kappa shape index (κ3) is 4.15. The number of nitrogens with zero attached hydrogens (tertiary/aromatic N) is 1. The minimum Gasteiger partial charge on any atom is -0.508 e. The van der Waals surface area contributed by atoms with Gasteiger partial charge in [0.05, 0.1) is 0 Å². The zero-order valence-electron chi connectivity index (χ0n) is 9.28. The summed E-state index contributed by atoms with van der Waals surface area (Å²) in [5.41, 5.74) is 0.486. The summed E-state index contributed by atoms with van der Waals surface area (Å²) in [4.78, 5) is 0. The summed E-state index contributed by atoms with van der Waals surface area (Å²) >= 11 is 0. The maximum Gasteiger partial charge on any atom is 0.673 e. The summed E-state index contributed by atoms with van der Waals surface area (Å²) in [7, 11) is -6.00. The first-order valence-corrected chi connectivity index (χ1v) is 4.93. The van der Waals surface area contributed by atoms with Crippen LogP contribution in [0.2, 0.25) is 0 Å². The third-order valence-electron chi connectivity index (χ3n) is 1.91. The standard InChI is InChI=1S/C9H9NO3.BF4/c1-2-10-5-7-8(12)3-6(11)4-9(7)13-10;2-1(3,4)5/h3-5H,2H2,1H3,(H,11,12);/q;-1/p+1. The number of benzene rings is 1. The Morgan fingerprint density at radius 3 is 2.28 bits per heavy atom. The molecule has 18 heavy (non-hydrogen) atoms. The number of aromatic hydroxyl groups is 2. The van der Waals surface area contributed by atoms with Crippen molar-refractivity contribution in [2.75, 3.05) is 0 Å². The molecule has 2 N–H and O–H groups in total. The fourth-order valence-electron chi connectivity index (χ4n) is 1.26. The highest BCUT2D eigenvalue weighted by Crippen LogP contribution is 2.28. The zero-order chi connectivity index (χ0) is 13.9. The van der Waals surface area contributed by atoms with Crippen LogP contribution in [0.15, 0.2) is 22.9 Å². The number of fused-ring (bicyclic) bond motifs is 1. The molecular formula is C9H10BF4NO3. The average Bonchev–Trinajstić information content (AvgIpc) is 2.58. The Morgan fingerprint density at radius 2 is 1.78 bits per heavy atom. The van der Waals surface area contributed by atoms with Crippen molar-refractivity contribution in [1.29, 1.82) is 0 Å². The van der Waals surface area contributed by atoms with Crippen molar-refractivity contribution in [3.8, 4) is 11.5 Å². The molecule has 2 aromatic rings. The number of halogens is 4. The van der Waals surface area contributed by atoms with E-state index in [1.165, 1.54) is 12.1 Å². The predicted molar refractivity (Wildman–Crippen MR) is 55.6 cm³/mol. The molecule has 1 aromatic heterocycles. The first kappa shape index (κ1) is 14.1. The largest absolute Gasteiger partial charge is 0.673 e. The fourth-order valence-corrected chi connectivity index (χ4v) is 1.26. The van der Waals surface area contributed by atoms with E-state index in [1.807, 2.05) is 6.92 Å². The molecule has 1 heterocycles. The molecule has 0 fully saturated rings. The average molecular weight is 267 g/mol. The van der Waals surface area contributed by atoms with Crippen molar-refractivity contribution >= 4 is 18.2 Å². The van der Waals surface area contributed by atoms with Gasteiger partial charge in [0.1, 0.15) is 16.9 Å². The Labute approximate surface area is 99.1 Å². The van der Waals surface area contributed by atoms with Gasteiger partial charge >= 0.3 is 7.25 Å². The minimum absolute atomic E-state index is 0.00241. The van der Waals surface area contributed by atoms with Crippen LogP contribution in [-0.4, -0.2) is 17.5 Å². The van der Waals surface area contributed by atoms with Crippen LogP contribution in [0.5, 0.6) is 11.5 Å². The summed E-state index contributed by atoms with van der Waals surface area (Å²) in [6.07, 6.45) is 1.70. The van der Waals surface area contributed by atoms with E-state index in [-0.39, 0.29) is 11.5 Å². The van der Waals surface area contributed by atoms with Crippen LogP contribution in [0, 0.1) is 0 Å². The molecular weight excluding hydrogens is 257 g/mol. The van der Waals surface area contributed by atoms with E-state index in [0.717, 1.165) is 0 Å². The molecule has 0 amide bonds. The first-order valence-electron chi connectivity index (χ1n) is 4.93. The second-order valence-corrected chi connectivity index (χ2v) is 3.33. The van der Waals surface area contributed by atoms with Crippen molar-refractivity contribution in [3.05, 3.63) is 18.3 Å². The highest BCUT2D eigenvalue weighted by Gasteiger charge is 2.20. The highest BCUT2D eigenvalue weighted by atomic mass is 19.5.